The maximum absolute atomic E-state index is 12.6. The fourth-order valence-electron chi connectivity index (χ4n) is 3.25. The minimum atomic E-state index is -0.422. The van der Waals surface area contributed by atoms with Crippen LogP contribution in [0, 0.1) is 6.92 Å². The zero-order valence-corrected chi connectivity index (χ0v) is 15.4. The first-order chi connectivity index (χ1) is 13.5. The second kappa shape index (κ2) is 6.77. The van der Waals surface area contributed by atoms with Crippen LogP contribution in [0.4, 0.5) is 5.69 Å². The topological polar surface area (TPSA) is 81.5 Å². The van der Waals surface area contributed by atoms with Crippen molar-refractivity contribution in [1.82, 2.24) is 9.78 Å². The number of benzene rings is 2. The molecule has 2 amide bonds. The fourth-order valence-corrected chi connectivity index (χ4v) is 3.25. The highest BCUT2D eigenvalue weighted by atomic mass is 16.5. The van der Waals surface area contributed by atoms with Crippen molar-refractivity contribution in [2.24, 2.45) is 0 Å². The van der Waals surface area contributed by atoms with Crippen molar-refractivity contribution >= 4 is 23.5 Å². The second-order valence-electron chi connectivity index (χ2n) is 6.28. The molecule has 2 heterocycles. The van der Waals surface area contributed by atoms with Crippen LogP contribution in [0.3, 0.4) is 0 Å². The lowest BCUT2D eigenvalue weighted by atomic mass is 10.1. The van der Waals surface area contributed by atoms with Crippen LogP contribution >= 0.6 is 0 Å². The Hall–Kier alpha value is -3.74. The molecule has 0 spiro atoms. The van der Waals surface area contributed by atoms with Gasteiger partial charge in [-0.15, -0.1) is 0 Å². The third-order valence-corrected chi connectivity index (χ3v) is 4.65. The van der Waals surface area contributed by atoms with Gasteiger partial charge in [-0.1, -0.05) is 12.1 Å². The van der Waals surface area contributed by atoms with Crippen LogP contribution in [-0.2, 0) is 4.74 Å². The van der Waals surface area contributed by atoms with Crippen molar-refractivity contribution < 1.29 is 19.1 Å². The van der Waals surface area contributed by atoms with E-state index in [0.717, 1.165) is 4.90 Å². The summed E-state index contributed by atoms with van der Waals surface area (Å²) in [6, 6.07) is 13.6. The number of carbonyl (C=O) groups is 3. The van der Waals surface area contributed by atoms with Gasteiger partial charge in [0.2, 0.25) is 0 Å². The molecule has 0 fully saturated rings. The third-order valence-electron chi connectivity index (χ3n) is 4.65. The Morgan fingerprint density at radius 1 is 0.964 bits per heavy atom. The summed E-state index contributed by atoms with van der Waals surface area (Å²) in [5, 5.41) is 4.25. The van der Waals surface area contributed by atoms with Gasteiger partial charge < -0.3 is 4.74 Å². The van der Waals surface area contributed by atoms with Crippen LogP contribution in [0.1, 0.15) is 43.7 Å². The van der Waals surface area contributed by atoms with E-state index in [-0.39, 0.29) is 11.8 Å². The average Bonchev–Trinajstić information content (AvgIpc) is 3.21. The van der Waals surface area contributed by atoms with Crippen molar-refractivity contribution in [2.45, 2.75) is 13.8 Å². The number of hydrogen-bond donors (Lipinski definition) is 0. The van der Waals surface area contributed by atoms with E-state index in [1.165, 1.54) is 6.20 Å². The molecule has 0 radical (unpaired) electrons. The molecule has 0 saturated carbocycles. The number of carbonyl (C=O) groups excluding carboxylic acids is 3. The van der Waals surface area contributed by atoms with Gasteiger partial charge in [-0.25, -0.2) is 14.4 Å². The van der Waals surface area contributed by atoms with Crippen LogP contribution < -0.4 is 4.90 Å². The highest BCUT2D eigenvalue weighted by molar-refractivity contribution is 6.34. The molecule has 0 saturated heterocycles. The van der Waals surface area contributed by atoms with E-state index in [9.17, 15) is 14.4 Å². The standard InChI is InChI=1S/C21H17N3O4/c1-3-28-21(27)18-12-22-24(13(18)2)15-10-8-14(9-11-15)23-19(25)16-6-4-5-7-17(16)20(23)26/h4-12H,3H2,1-2H3. The van der Waals surface area contributed by atoms with E-state index in [2.05, 4.69) is 5.10 Å². The number of hydrogen-bond acceptors (Lipinski definition) is 5. The van der Waals surface area contributed by atoms with Crippen molar-refractivity contribution in [3.8, 4) is 5.69 Å². The molecule has 0 unspecified atom stereocenters. The quantitative estimate of drug-likeness (QED) is 0.517. The first kappa shape index (κ1) is 17.7. The Bertz CT molecular complexity index is 1060. The van der Waals surface area contributed by atoms with E-state index in [1.54, 1.807) is 67.1 Å². The summed E-state index contributed by atoms with van der Waals surface area (Å²) < 4.78 is 6.63. The van der Waals surface area contributed by atoms with E-state index < -0.39 is 5.97 Å². The summed E-state index contributed by atoms with van der Waals surface area (Å²) in [6.07, 6.45) is 1.46. The predicted molar refractivity (Wildman–Crippen MR) is 102 cm³/mol. The number of aromatic nitrogens is 2. The van der Waals surface area contributed by atoms with Gasteiger partial charge >= 0.3 is 5.97 Å². The van der Waals surface area contributed by atoms with Gasteiger partial charge in [0, 0.05) is 0 Å². The molecule has 1 aromatic heterocycles. The molecule has 0 aliphatic carbocycles. The van der Waals surface area contributed by atoms with Crippen molar-refractivity contribution in [3.63, 3.8) is 0 Å². The molecule has 7 nitrogen and oxygen atoms in total. The maximum atomic E-state index is 12.6. The first-order valence-electron chi connectivity index (χ1n) is 8.83. The zero-order chi connectivity index (χ0) is 19.8. The lowest BCUT2D eigenvalue weighted by molar-refractivity contribution is 0.0525. The fraction of sp³-hybridized carbons (Fsp3) is 0.143. The van der Waals surface area contributed by atoms with Gasteiger partial charge in [-0.05, 0) is 50.2 Å². The van der Waals surface area contributed by atoms with Crippen molar-refractivity contribution in [1.29, 1.82) is 0 Å². The van der Waals surface area contributed by atoms with Crippen LogP contribution in [0.2, 0.25) is 0 Å². The average molecular weight is 375 g/mol. The molecule has 0 bridgehead atoms. The van der Waals surface area contributed by atoms with Crippen LogP contribution in [0.5, 0.6) is 0 Å². The maximum Gasteiger partial charge on any atom is 0.341 e. The Morgan fingerprint density at radius 3 is 2.11 bits per heavy atom. The Morgan fingerprint density at radius 2 is 1.54 bits per heavy atom. The summed E-state index contributed by atoms with van der Waals surface area (Å²) in [7, 11) is 0. The van der Waals surface area contributed by atoms with Crippen LogP contribution in [0.15, 0.2) is 54.7 Å². The van der Waals surface area contributed by atoms with Crippen molar-refractivity contribution in [2.75, 3.05) is 11.5 Å². The first-order valence-corrected chi connectivity index (χ1v) is 8.83. The van der Waals surface area contributed by atoms with Gasteiger partial charge in [-0.3, -0.25) is 9.59 Å². The van der Waals surface area contributed by atoms with E-state index >= 15 is 0 Å². The molecule has 3 aromatic rings. The number of anilines is 1. The van der Waals surface area contributed by atoms with E-state index in [0.29, 0.717) is 40.4 Å². The minimum absolute atomic E-state index is 0.290. The molecule has 7 heteroatoms. The number of nitrogens with zero attached hydrogens (tertiary/aromatic N) is 3. The summed E-state index contributed by atoms with van der Waals surface area (Å²) in [5.74, 6) is -1.10. The Balaban J connectivity index is 1.64. The predicted octanol–water partition coefficient (Wildman–Crippen LogP) is 3.16. The van der Waals surface area contributed by atoms with Gasteiger partial charge in [0.25, 0.3) is 11.8 Å². The lowest BCUT2D eigenvalue weighted by Gasteiger charge is -2.14. The number of rotatable bonds is 4. The number of fused-ring (bicyclic) bond motifs is 1. The highest BCUT2D eigenvalue weighted by Gasteiger charge is 2.36. The second-order valence-corrected chi connectivity index (χ2v) is 6.28. The number of ether oxygens (including phenoxy) is 1. The number of amides is 2. The van der Waals surface area contributed by atoms with Crippen LogP contribution in [0.25, 0.3) is 5.69 Å². The van der Waals surface area contributed by atoms with Crippen molar-refractivity contribution in [3.05, 3.63) is 77.1 Å². The molecule has 28 heavy (non-hydrogen) atoms. The monoisotopic (exact) mass is 375 g/mol. The SMILES string of the molecule is CCOC(=O)c1cnn(-c2ccc(N3C(=O)c4ccccc4C3=O)cc2)c1C. The van der Waals surface area contributed by atoms with Gasteiger partial charge in [0.1, 0.15) is 5.56 Å². The summed E-state index contributed by atoms with van der Waals surface area (Å²) in [6.45, 7) is 3.81. The zero-order valence-electron chi connectivity index (χ0n) is 15.4. The molecular formula is C21H17N3O4. The van der Waals surface area contributed by atoms with E-state index in [1.807, 2.05) is 0 Å². The van der Waals surface area contributed by atoms with Gasteiger partial charge in [0.05, 0.1) is 41.0 Å². The normalized spacial score (nSPS) is 13.0. The molecule has 2 aromatic carbocycles. The van der Waals surface area contributed by atoms with Gasteiger partial charge in [0.15, 0.2) is 0 Å². The summed E-state index contributed by atoms with van der Waals surface area (Å²) >= 11 is 0. The largest absolute Gasteiger partial charge is 0.462 e. The minimum Gasteiger partial charge on any atom is -0.462 e. The summed E-state index contributed by atoms with van der Waals surface area (Å²) in [5.41, 5.74) is 3.02. The van der Waals surface area contributed by atoms with Crippen LogP contribution in [-0.4, -0.2) is 34.2 Å². The number of esters is 1. The molecule has 0 N–H and O–H groups in total. The number of imide groups is 1. The Kier molecular flexibility index (Phi) is 4.27. The summed E-state index contributed by atoms with van der Waals surface area (Å²) in [4.78, 5) is 38.3. The molecule has 0 atom stereocenters. The molecule has 4 rings (SSSR count). The highest BCUT2D eigenvalue weighted by Crippen LogP contribution is 2.29. The Labute approximate surface area is 161 Å². The molecule has 1 aliphatic heterocycles. The van der Waals surface area contributed by atoms with E-state index in [4.69, 9.17) is 4.74 Å². The third kappa shape index (κ3) is 2.68. The smallest absolute Gasteiger partial charge is 0.341 e. The van der Waals surface area contributed by atoms with Gasteiger partial charge in [-0.2, -0.15) is 5.10 Å². The lowest BCUT2D eigenvalue weighted by Crippen LogP contribution is -2.29. The molecular weight excluding hydrogens is 358 g/mol. The molecule has 1 aliphatic rings. The molecule has 140 valence electrons.